The number of hydrogen-bond donors (Lipinski definition) is 0. The molecular formula is C19H21NO2. The van der Waals surface area contributed by atoms with Gasteiger partial charge in [0, 0.05) is 6.04 Å². The predicted octanol–water partition coefficient (Wildman–Crippen LogP) is 2.81. The van der Waals surface area contributed by atoms with E-state index in [0.29, 0.717) is 0 Å². The highest BCUT2D eigenvalue weighted by atomic mass is 16.2. The van der Waals surface area contributed by atoms with Crippen LogP contribution >= 0.6 is 0 Å². The first-order chi connectivity index (χ1) is 10.7. The van der Waals surface area contributed by atoms with Gasteiger partial charge in [-0.2, -0.15) is 0 Å². The van der Waals surface area contributed by atoms with Crippen LogP contribution < -0.4 is 0 Å². The van der Waals surface area contributed by atoms with Crippen molar-refractivity contribution in [1.29, 1.82) is 0 Å². The fourth-order valence-electron chi connectivity index (χ4n) is 4.58. The van der Waals surface area contributed by atoms with E-state index in [0.717, 1.165) is 19.3 Å². The van der Waals surface area contributed by atoms with Crippen LogP contribution in [0.25, 0.3) is 0 Å². The molecular weight excluding hydrogens is 274 g/mol. The Morgan fingerprint density at radius 3 is 2.05 bits per heavy atom. The third-order valence-corrected chi connectivity index (χ3v) is 5.61. The highest BCUT2D eigenvalue weighted by Gasteiger charge is 2.57. The average molecular weight is 295 g/mol. The van der Waals surface area contributed by atoms with Gasteiger partial charge in [0.2, 0.25) is 11.8 Å². The topological polar surface area (TPSA) is 37.4 Å². The molecule has 0 aromatic heterocycles. The van der Waals surface area contributed by atoms with Gasteiger partial charge in [0.1, 0.15) is 0 Å². The minimum atomic E-state index is -0.0885. The molecule has 2 amide bonds. The summed E-state index contributed by atoms with van der Waals surface area (Å²) in [4.78, 5) is 27.3. The van der Waals surface area contributed by atoms with Crippen LogP contribution in [0.15, 0.2) is 42.5 Å². The lowest BCUT2D eigenvalue weighted by atomic mass is 9.63. The molecule has 1 aliphatic heterocycles. The van der Waals surface area contributed by atoms with E-state index in [4.69, 9.17) is 0 Å². The van der Waals surface area contributed by atoms with Crippen molar-refractivity contribution in [2.45, 2.75) is 32.2 Å². The SMILES string of the molecule is CC(Cc1ccccc1)N1C(=O)C2C3C=CC(CC3)C2C1=O. The van der Waals surface area contributed by atoms with Crippen molar-refractivity contribution in [3.8, 4) is 0 Å². The van der Waals surface area contributed by atoms with Crippen LogP contribution in [0.1, 0.15) is 25.3 Å². The number of hydrogen-bond acceptors (Lipinski definition) is 2. The van der Waals surface area contributed by atoms with E-state index in [9.17, 15) is 9.59 Å². The third-order valence-electron chi connectivity index (χ3n) is 5.61. The monoisotopic (exact) mass is 295 g/mol. The summed E-state index contributed by atoms with van der Waals surface area (Å²) in [6.07, 6.45) is 7.20. The second-order valence-corrected chi connectivity index (χ2v) is 6.93. The lowest BCUT2D eigenvalue weighted by molar-refractivity contribution is -0.142. The fraction of sp³-hybridized carbons (Fsp3) is 0.474. The molecule has 3 heteroatoms. The Bertz CT molecular complexity index is 604. The molecule has 3 aliphatic carbocycles. The van der Waals surface area contributed by atoms with Crippen molar-refractivity contribution in [2.24, 2.45) is 23.7 Å². The molecule has 0 spiro atoms. The molecule has 2 fully saturated rings. The average Bonchev–Trinajstić information content (AvgIpc) is 2.83. The summed E-state index contributed by atoms with van der Waals surface area (Å²) in [5.74, 6) is 0.514. The van der Waals surface area contributed by atoms with Crippen molar-refractivity contribution < 1.29 is 9.59 Å². The summed E-state index contributed by atoms with van der Waals surface area (Å²) in [7, 11) is 0. The van der Waals surface area contributed by atoms with E-state index in [1.807, 2.05) is 25.1 Å². The van der Waals surface area contributed by atoms with Crippen LogP contribution in [0.4, 0.5) is 0 Å². The van der Waals surface area contributed by atoms with E-state index in [-0.39, 0.29) is 41.5 Å². The largest absolute Gasteiger partial charge is 0.279 e. The second-order valence-electron chi connectivity index (χ2n) is 6.93. The van der Waals surface area contributed by atoms with Crippen LogP contribution in [0.2, 0.25) is 0 Å². The van der Waals surface area contributed by atoms with E-state index in [2.05, 4.69) is 24.3 Å². The molecule has 22 heavy (non-hydrogen) atoms. The fourth-order valence-corrected chi connectivity index (χ4v) is 4.58. The Morgan fingerprint density at radius 1 is 1.00 bits per heavy atom. The number of benzene rings is 1. The maximum Gasteiger partial charge on any atom is 0.233 e. The van der Waals surface area contributed by atoms with Gasteiger partial charge in [0.15, 0.2) is 0 Å². The molecule has 4 aliphatic rings. The summed E-state index contributed by atoms with van der Waals surface area (Å²) >= 11 is 0. The molecule has 1 saturated carbocycles. The van der Waals surface area contributed by atoms with Crippen LogP contribution in [-0.4, -0.2) is 22.8 Å². The maximum absolute atomic E-state index is 12.8. The number of carbonyl (C=O) groups excluding carboxylic acids is 2. The molecule has 5 unspecified atom stereocenters. The Balaban J connectivity index is 1.58. The van der Waals surface area contributed by atoms with Crippen LogP contribution in [0, 0.1) is 23.7 Å². The normalized spacial score (nSPS) is 34.1. The smallest absolute Gasteiger partial charge is 0.233 e. The highest BCUT2D eigenvalue weighted by Crippen LogP contribution is 2.50. The molecule has 0 N–H and O–H groups in total. The third kappa shape index (κ3) is 1.95. The van der Waals surface area contributed by atoms with Gasteiger partial charge in [0.25, 0.3) is 0 Å². The maximum atomic E-state index is 12.8. The second kappa shape index (κ2) is 5.08. The Kier molecular flexibility index (Phi) is 3.17. The van der Waals surface area contributed by atoms with E-state index in [1.165, 1.54) is 5.56 Å². The first-order valence-electron chi connectivity index (χ1n) is 8.26. The summed E-state index contributed by atoms with van der Waals surface area (Å²) < 4.78 is 0. The first-order valence-corrected chi connectivity index (χ1v) is 8.26. The van der Waals surface area contributed by atoms with E-state index >= 15 is 0 Å². The number of rotatable bonds is 3. The first kappa shape index (κ1) is 13.7. The Hall–Kier alpha value is -1.90. The highest BCUT2D eigenvalue weighted by molar-refractivity contribution is 6.06. The van der Waals surface area contributed by atoms with Crippen molar-refractivity contribution in [2.75, 3.05) is 0 Å². The van der Waals surface area contributed by atoms with E-state index < -0.39 is 0 Å². The number of imide groups is 1. The van der Waals surface area contributed by atoms with E-state index in [1.54, 1.807) is 4.90 Å². The van der Waals surface area contributed by atoms with Gasteiger partial charge in [0.05, 0.1) is 11.8 Å². The number of allylic oxidation sites excluding steroid dienone is 2. The molecule has 114 valence electrons. The number of likely N-dealkylation sites (tertiary alicyclic amines) is 1. The van der Waals surface area contributed by atoms with Crippen LogP contribution in [-0.2, 0) is 16.0 Å². The molecule has 5 atom stereocenters. The Labute approximate surface area is 131 Å². The Morgan fingerprint density at radius 2 is 1.55 bits per heavy atom. The minimum Gasteiger partial charge on any atom is -0.279 e. The molecule has 1 heterocycles. The lowest BCUT2D eigenvalue weighted by Gasteiger charge is -2.38. The summed E-state index contributed by atoms with van der Waals surface area (Å²) in [6, 6.07) is 10.0. The zero-order valence-corrected chi connectivity index (χ0v) is 12.8. The molecule has 5 rings (SSSR count). The van der Waals surface area contributed by atoms with Gasteiger partial charge in [-0.3, -0.25) is 14.5 Å². The summed E-state index contributed by atoms with van der Waals surface area (Å²) in [6.45, 7) is 2.00. The minimum absolute atomic E-state index is 0.0626. The van der Waals surface area contributed by atoms with Gasteiger partial charge in [-0.05, 0) is 43.6 Å². The van der Waals surface area contributed by atoms with Gasteiger partial charge < -0.3 is 0 Å². The molecule has 1 aromatic carbocycles. The van der Waals surface area contributed by atoms with Crippen molar-refractivity contribution in [3.05, 3.63) is 48.0 Å². The summed E-state index contributed by atoms with van der Waals surface area (Å²) in [5, 5.41) is 0. The van der Waals surface area contributed by atoms with Crippen molar-refractivity contribution in [3.63, 3.8) is 0 Å². The number of fused-ring (bicyclic) bond motifs is 1. The van der Waals surface area contributed by atoms with Gasteiger partial charge in [-0.1, -0.05) is 42.5 Å². The van der Waals surface area contributed by atoms with Gasteiger partial charge >= 0.3 is 0 Å². The molecule has 3 nitrogen and oxygen atoms in total. The lowest BCUT2D eigenvalue weighted by Crippen LogP contribution is -2.40. The number of nitrogens with zero attached hydrogens (tertiary/aromatic N) is 1. The zero-order valence-electron chi connectivity index (χ0n) is 12.8. The van der Waals surface area contributed by atoms with Crippen molar-refractivity contribution in [1.82, 2.24) is 4.90 Å². The van der Waals surface area contributed by atoms with Gasteiger partial charge in [-0.25, -0.2) is 0 Å². The molecule has 0 radical (unpaired) electrons. The predicted molar refractivity (Wildman–Crippen MR) is 83.8 cm³/mol. The quantitative estimate of drug-likeness (QED) is 0.635. The molecule has 2 bridgehead atoms. The van der Waals surface area contributed by atoms with Crippen LogP contribution in [0.5, 0.6) is 0 Å². The molecule has 1 aromatic rings. The van der Waals surface area contributed by atoms with Crippen molar-refractivity contribution >= 4 is 11.8 Å². The summed E-state index contributed by atoms with van der Waals surface area (Å²) in [5.41, 5.74) is 1.17. The van der Waals surface area contributed by atoms with Crippen LogP contribution in [0.3, 0.4) is 0 Å². The number of amides is 2. The molecule has 1 saturated heterocycles. The standard InChI is InChI=1S/C19H21NO2/c1-12(11-13-5-3-2-4-6-13)20-18(21)16-14-7-8-15(10-9-14)17(16)19(20)22/h2-8,12,14-17H,9-11H2,1H3. The van der Waals surface area contributed by atoms with Gasteiger partial charge in [-0.15, -0.1) is 0 Å². The zero-order chi connectivity index (χ0) is 15.3. The number of carbonyl (C=O) groups is 2.